The fourth-order valence-corrected chi connectivity index (χ4v) is 4.20. The van der Waals surface area contributed by atoms with Crippen LogP contribution in [0.4, 0.5) is 5.69 Å². The van der Waals surface area contributed by atoms with E-state index in [0.29, 0.717) is 31.2 Å². The number of halogens is 1. The summed E-state index contributed by atoms with van der Waals surface area (Å²) in [5.74, 6) is -0.231. The van der Waals surface area contributed by atoms with Gasteiger partial charge in [-0.2, -0.15) is 4.37 Å². The molecule has 0 saturated carbocycles. The van der Waals surface area contributed by atoms with Crippen molar-refractivity contribution in [1.82, 2.24) is 18.8 Å². The van der Waals surface area contributed by atoms with Crippen molar-refractivity contribution in [2.75, 3.05) is 31.1 Å². The first kappa shape index (κ1) is 17.7. The number of aromatic nitrogens is 3. The molecule has 1 aromatic carbocycles. The highest BCUT2D eigenvalue weighted by molar-refractivity contribution is 7.09. The van der Waals surface area contributed by atoms with Crippen LogP contribution in [0.15, 0.2) is 33.9 Å². The van der Waals surface area contributed by atoms with Crippen LogP contribution in [0.2, 0.25) is 5.02 Å². The number of fused-ring (bicyclic) bond motifs is 1. The van der Waals surface area contributed by atoms with Gasteiger partial charge in [-0.15, -0.1) is 0 Å². The van der Waals surface area contributed by atoms with E-state index in [0.717, 1.165) is 21.8 Å². The molecule has 10 heteroatoms. The van der Waals surface area contributed by atoms with Crippen molar-refractivity contribution in [3.05, 3.63) is 55.0 Å². The maximum Gasteiger partial charge on any atom is 0.328 e. The van der Waals surface area contributed by atoms with E-state index in [2.05, 4.69) is 14.3 Å². The number of carbonyl (C=O) groups is 1. The molecule has 1 fully saturated rings. The molecule has 2 aromatic heterocycles. The minimum absolute atomic E-state index is 0.111. The predicted octanol–water partition coefficient (Wildman–Crippen LogP) is 1.30. The predicted molar refractivity (Wildman–Crippen MR) is 105 cm³/mol. The van der Waals surface area contributed by atoms with E-state index < -0.39 is 11.2 Å². The lowest BCUT2D eigenvalue weighted by Gasteiger charge is -2.36. The zero-order valence-electron chi connectivity index (χ0n) is 14.4. The summed E-state index contributed by atoms with van der Waals surface area (Å²) < 4.78 is 5.02. The van der Waals surface area contributed by atoms with Gasteiger partial charge in [-0.3, -0.25) is 14.2 Å². The molecule has 4 rings (SSSR count). The number of hydrogen-bond acceptors (Lipinski definition) is 6. The lowest BCUT2D eigenvalue weighted by molar-refractivity contribution is 0.0753. The summed E-state index contributed by atoms with van der Waals surface area (Å²) in [4.78, 5) is 43.6. The van der Waals surface area contributed by atoms with E-state index in [1.165, 1.54) is 7.05 Å². The molecule has 3 aromatic rings. The zero-order chi connectivity index (χ0) is 19.1. The van der Waals surface area contributed by atoms with Crippen LogP contribution >= 0.6 is 23.1 Å². The fourth-order valence-electron chi connectivity index (χ4n) is 3.14. The number of carbonyl (C=O) groups excluding carboxylic acids is 1. The highest BCUT2D eigenvalue weighted by Gasteiger charge is 2.27. The molecular weight excluding hydrogens is 390 g/mol. The third kappa shape index (κ3) is 3.02. The van der Waals surface area contributed by atoms with E-state index >= 15 is 0 Å². The SMILES string of the molecule is Cn1c(=O)[nH]c2c(C(=O)N3CCN(c4ccccc4Cl)CC3)snc2c1=O. The highest BCUT2D eigenvalue weighted by Crippen LogP contribution is 2.27. The number of amides is 1. The Bertz CT molecular complexity index is 1140. The van der Waals surface area contributed by atoms with Crippen molar-refractivity contribution < 1.29 is 4.79 Å². The van der Waals surface area contributed by atoms with Crippen molar-refractivity contribution in [2.24, 2.45) is 7.05 Å². The molecule has 0 radical (unpaired) electrons. The van der Waals surface area contributed by atoms with E-state index in [-0.39, 0.29) is 21.8 Å². The molecule has 140 valence electrons. The van der Waals surface area contributed by atoms with Gasteiger partial charge in [-0.05, 0) is 23.7 Å². The topological polar surface area (TPSA) is 91.3 Å². The molecular formula is C17H16ClN5O3S. The third-order valence-electron chi connectivity index (χ3n) is 4.69. The molecule has 0 atom stereocenters. The lowest BCUT2D eigenvalue weighted by atomic mass is 10.2. The number of para-hydroxylation sites is 1. The van der Waals surface area contributed by atoms with Gasteiger partial charge in [0.05, 0.1) is 16.2 Å². The number of H-pyrrole nitrogens is 1. The van der Waals surface area contributed by atoms with Gasteiger partial charge in [0.1, 0.15) is 4.88 Å². The van der Waals surface area contributed by atoms with Gasteiger partial charge < -0.3 is 14.8 Å². The molecule has 1 aliphatic heterocycles. The first-order chi connectivity index (χ1) is 13.0. The number of hydrogen-bond donors (Lipinski definition) is 1. The average Bonchev–Trinajstić information content (AvgIpc) is 3.10. The van der Waals surface area contributed by atoms with Gasteiger partial charge in [-0.1, -0.05) is 23.7 Å². The van der Waals surface area contributed by atoms with Crippen molar-refractivity contribution >= 4 is 45.8 Å². The van der Waals surface area contributed by atoms with E-state index in [1.54, 1.807) is 4.90 Å². The van der Waals surface area contributed by atoms with E-state index in [4.69, 9.17) is 11.6 Å². The van der Waals surface area contributed by atoms with Crippen molar-refractivity contribution in [3.63, 3.8) is 0 Å². The largest absolute Gasteiger partial charge is 0.367 e. The van der Waals surface area contributed by atoms with Crippen LogP contribution in [0.5, 0.6) is 0 Å². The molecule has 1 amide bonds. The monoisotopic (exact) mass is 405 g/mol. The summed E-state index contributed by atoms with van der Waals surface area (Å²) in [5.41, 5.74) is 0.201. The average molecular weight is 406 g/mol. The molecule has 1 N–H and O–H groups in total. The Labute approximate surface area is 162 Å². The summed E-state index contributed by atoms with van der Waals surface area (Å²) in [6.45, 7) is 2.31. The highest BCUT2D eigenvalue weighted by atomic mass is 35.5. The maximum absolute atomic E-state index is 12.9. The first-order valence-corrected chi connectivity index (χ1v) is 9.50. The Hall–Kier alpha value is -2.65. The van der Waals surface area contributed by atoms with Gasteiger partial charge in [0.25, 0.3) is 11.5 Å². The minimum atomic E-state index is -0.565. The quantitative estimate of drug-likeness (QED) is 0.693. The third-order valence-corrected chi connectivity index (χ3v) is 5.84. The molecule has 0 aliphatic carbocycles. The van der Waals surface area contributed by atoms with Gasteiger partial charge in [0.2, 0.25) is 0 Å². The number of nitrogens with zero attached hydrogens (tertiary/aromatic N) is 4. The fraction of sp³-hybridized carbons (Fsp3) is 0.294. The summed E-state index contributed by atoms with van der Waals surface area (Å²) in [5, 5.41) is 0.680. The van der Waals surface area contributed by atoms with Gasteiger partial charge in [-0.25, -0.2) is 4.79 Å². The Balaban J connectivity index is 1.57. The van der Waals surface area contributed by atoms with Crippen LogP contribution in [-0.2, 0) is 7.05 Å². The van der Waals surface area contributed by atoms with E-state index in [1.807, 2.05) is 24.3 Å². The number of benzene rings is 1. The van der Waals surface area contributed by atoms with Crippen LogP contribution in [0, 0.1) is 0 Å². The summed E-state index contributed by atoms with van der Waals surface area (Å²) in [6.07, 6.45) is 0. The number of anilines is 1. The summed E-state index contributed by atoms with van der Waals surface area (Å²) >= 11 is 7.19. The second-order valence-electron chi connectivity index (χ2n) is 6.26. The molecule has 27 heavy (non-hydrogen) atoms. The van der Waals surface area contributed by atoms with Crippen LogP contribution in [0.25, 0.3) is 11.0 Å². The smallest absolute Gasteiger partial charge is 0.328 e. The molecule has 1 aliphatic rings. The number of nitrogens with one attached hydrogen (secondary N) is 1. The molecule has 0 unspecified atom stereocenters. The minimum Gasteiger partial charge on any atom is -0.367 e. The molecule has 1 saturated heterocycles. The summed E-state index contributed by atoms with van der Waals surface area (Å²) in [7, 11) is 1.37. The van der Waals surface area contributed by atoms with Crippen molar-refractivity contribution in [1.29, 1.82) is 0 Å². The van der Waals surface area contributed by atoms with Crippen LogP contribution in [0.3, 0.4) is 0 Å². The molecule has 0 bridgehead atoms. The Morgan fingerprint density at radius 2 is 1.89 bits per heavy atom. The second kappa shape index (κ2) is 6.82. The number of rotatable bonds is 2. The Kier molecular flexibility index (Phi) is 4.48. The Morgan fingerprint density at radius 1 is 1.19 bits per heavy atom. The number of aromatic amines is 1. The molecule has 3 heterocycles. The van der Waals surface area contributed by atoms with Crippen LogP contribution in [0.1, 0.15) is 9.67 Å². The zero-order valence-corrected chi connectivity index (χ0v) is 16.0. The Morgan fingerprint density at radius 3 is 2.59 bits per heavy atom. The molecule has 8 nitrogen and oxygen atoms in total. The van der Waals surface area contributed by atoms with Gasteiger partial charge in [0.15, 0.2) is 5.52 Å². The van der Waals surface area contributed by atoms with Crippen molar-refractivity contribution in [3.8, 4) is 0 Å². The standard InChI is InChI=1S/C17H16ClN5O3S/c1-21-15(24)13-12(19-17(21)26)14(27-20-13)16(25)23-8-6-22(7-9-23)11-5-3-2-4-10(11)18/h2-5H,6-9H2,1H3,(H,19,26). The van der Waals surface area contributed by atoms with E-state index in [9.17, 15) is 14.4 Å². The normalized spacial score (nSPS) is 14.7. The van der Waals surface area contributed by atoms with Gasteiger partial charge in [0, 0.05) is 33.2 Å². The first-order valence-electron chi connectivity index (χ1n) is 8.35. The maximum atomic E-state index is 12.9. The van der Waals surface area contributed by atoms with Crippen LogP contribution < -0.4 is 16.1 Å². The molecule has 0 spiro atoms. The van der Waals surface area contributed by atoms with Crippen molar-refractivity contribution in [2.45, 2.75) is 0 Å². The second-order valence-corrected chi connectivity index (χ2v) is 7.44. The number of piperazine rings is 1. The lowest BCUT2D eigenvalue weighted by Crippen LogP contribution is -2.48. The summed E-state index contributed by atoms with van der Waals surface area (Å²) in [6, 6.07) is 7.61. The van der Waals surface area contributed by atoms with Gasteiger partial charge >= 0.3 is 5.69 Å². The van der Waals surface area contributed by atoms with Crippen LogP contribution in [-0.4, -0.2) is 50.9 Å².